The van der Waals surface area contributed by atoms with E-state index in [1.165, 1.54) is 13.3 Å². The van der Waals surface area contributed by atoms with Gasteiger partial charge < -0.3 is 15.0 Å². The van der Waals surface area contributed by atoms with Crippen LogP contribution in [0, 0.1) is 5.92 Å². The number of nitrogens with one attached hydrogen (secondary N) is 2. The molecule has 25 heavy (non-hydrogen) atoms. The minimum atomic E-state index is -0.189. The maximum Gasteiger partial charge on any atom is 0.308 e. The first-order valence-corrected chi connectivity index (χ1v) is 8.54. The predicted octanol–water partition coefficient (Wildman–Crippen LogP) is 0.344. The first-order valence-electron chi connectivity index (χ1n) is 8.54. The van der Waals surface area contributed by atoms with Crippen LogP contribution in [0.25, 0.3) is 11.0 Å². The van der Waals surface area contributed by atoms with E-state index in [4.69, 9.17) is 4.74 Å². The first-order chi connectivity index (χ1) is 12.1. The Labute approximate surface area is 145 Å². The molecule has 136 valence electrons. The van der Waals surface area contributed by atoms with Gasteiger partial charge in [-0.05, 0) is 38.9 Å². The van der Waals surface area contributed by atoms with Gasteiger partial charge in [0.1, 0.15) is 5.39 Å². The van der Waals surface area contributed by atoms with E-state index in [-0.39, 0.29) is 17.4 Å². The van der Waals surface area contributed by atoms with Crippen LogP contribution in [-0.4, -0.2) is 63.9 Å². The number of hydrogen-bond donors (Lipinski definition) is 2. The van der Waals surface area contributed by atoms with Crippen LogP contribution in [0.4, 0.5) is 5.95 Å². The second-order valence-electron chi connectivity index (χ2n) is 6.34. The number of aromatic amines is 1. The Morgan fingerprint density at radius 1 is 1.44 bits per heavy atom. The van der Waals surface area contributed by atoms with E-state index >= 15 is 0 Å². The van der Waals surface area contributed by atoms with Crippen molar-refractivity contribution in [2.24, 2.45) is 13.0 Å². The van der Waals surface area contributed by atoms with Crippen molar-refractivity contribution in [2.45, 2.75) is 19.3 Å². The summed E-state index contributed by atoms with van der Waals surface area (Å²) >= 11 is 0. The summed E-state index contributed by atoms with van der Waals surface area (Å²) < 4.78 is 6.39. The number of ether oxygens (including phenoxy) is 1. The van der Waals surface area contributed by atoms with Gasteiger partial charge in [0.15, 0.2) is 5.65 Å². The Hall–Kier alpha value is -2.42. The van der Waals surface area contributed by atoms with E-state index in [0.29, 0.717) is 23.5 Å². The quantitative estimate of drug-likeness (QED) is 0.573. The van der Waals surface area contributed by atoms with Crippen LogP contribution >= 0.6 is 0 Å². The normalized spacial score (nSPS) is 16.2. The molecule has 2 aromatic rings. The number of piperidine rings is 1. The number of nitrogens with zero attached hydrogens (tertiary/aromatic N) is 4. The number of aryl methyl sites for hydroxylation is 1. The van der Waals surface area contributed by atoms with Gasteiger partial charge in [-0.15, -0.1) is 0 Å². The van der Waals surface area contributed by atoms with Crippen molar-refractivity contribution in [3.63, 3.8) is 0 Å². The molecule has 0 amide bonds. The Morgan fingerprint density at radius 2 is 2.20 bits per heavy atom. The van der Waals surface area contributed by atoms with Crippen molar-refractivity contribution in [3.05, 3.63) is 16.6 Å². The molecule has 0 aromatic carbocycles. The van der Waals surface area contributed by atoms with E-state index < -0.39 is 0 Å². The molecule has 9 nitrogen and oxygen atoms in total. The van der Waals surface area contributed by atoms with Gasteiger partial charge in [-0.3, -0.25) is 19.3 Å². The number of anilines is 1. The lowest BCUT2D eigenvalue weighted by Crippen LogP contribution is -2.37. The third-order valence-electron chi connectivity index (χ3n) is 4.67. The maximum absolute atomic E-state index is 12.0. The molecule has 0 unspecified atom stereocenters. The molecule has 3 heterocycles. The van der Waals surface area contributed by atoms with E-state index in [9.17, 15) is 9.59 Å². The van der Waals surface area contributed by atoms with Crippen LogP contribution in [-0.2, 0) is 16.6 Å². The topological polar surface area (TPSA) is 105 Å². The second-order valence-corrected chi connectivity index (χ2v) is 6.34. The van der Waals surface area contributed by atoms with Crippen molar-refractivity contribution in [1.29, 1.82) is 0 Å². The standard InChI is InChI=1S/C16H24N6O3/c1-21-13-12(10-18-21)14(23)20-16(19-13)17-6-3-7-22-8-4-11(5-9-22)15(24)25-2/h10-11H,3-9H2,1-2H3,(H2,17,19,20,23). The Kier molecular flexibility index (Phi) is 5.32. The minimum Gasteiger partial charge on any atom is -0.469 e. The fraction of sp³-hybridized carbons (Fsp3) is 0.625. The van der Waals surface area contributed by atoms with Crippen LogP contribution in [0.1, 0.15) is 19.3 Å². The summed E-state index contributed by atoms with van der Waals surface area (Å²) in [6, 6.07) is 0. The van der Waals surface area contributed by atoms with Gasteiger partial charge in [-0.25, -0.2) is 0 Å². The maximum atomic E-state index is 12.0. The Bertz CT molecular complexity index is 791. The first kappa shape index (κ1) is 17.4. The summed E-state index contributed by atoms with van der Waals surface area (Å²) in [5.74, 6) is 0.409. The summed E-state index contributed by atoms with van der Waals surface area (Å²) in [5, 5.41) is 7.70. The lowest BCUT2D eigenvalue weighted by atomic mass is 9.97. The summed E-state index contributed by atoms with van der Waals surface area (Å²) in [7, 11) is 3.21. The van der Waals surface area contributed by atoms with Gasteiger partial charge in [0.05, 0.1) is 19.2 Å². The predicted molar refractivity (Wildman–Crippen MR) is 93.4 cm³/mol. The molecule has 0 atom stereocenters. The smallest absolute Gasteiger partial charge is 0.308 e. The van der Waals surface area contributed by atoms with Crippen LogP contribution in [0.15, 0.2) is 11.0 Å². The number of rotatable bonds is 6. The molecule has 0 saturated carbocycles. The minimum absolute atomic E-state index is 0.0410. The SMILES string of the molecule is COC(=O)C1CCN(CCCNc2nc3c(cnn3C)c(=O)[nH]2)CC1. The van der Waals surface area contributed by atoms with Crippen molar-refractivity contribution < 1.29 is 9.53 Å². The number of esters is 1. The highest BCUT2D eigenvalue weighted by atomic mass is 16.5. The zero-order chi connectivity index (χ0) is 17.8. The lowest BCUT2D eigenvalue weighted by Gasteiger charge is -2.30. The van der Waals surface area contributed by atoms with Crippen molar-refractivity contribution in [2.75, 3.05) is 38.6 Å². The zero-order valence-corrected chi connectivity index (χ0v) is 14.6. The van der Waals surface area contributed by atoms with Crippen LogP contribution in [0.5, 0.6) is 0 Å². The van der Waals surface area contributed by atoms with E-state index in [2.05, 4.69) is 25.3 Å². The van der Waals surface area contributed by atoms with E-state index in [0.717, 1.165) is 38.9 Å². The average molecular weight is 348 g/mol. The second kappa shape index (κ2) is 7.64. The van der Waals surface area contributed by atoms with Gasteiger partial charge >= 0.3 is 5.97 Å². The number of fused-ring (bicyclic) bond motifs is 1. The molecule has 0 spiro atoms. The highest BCUT2D eigenvalue weighted by Gasteiger charge is 2.25. The molecule has 1 aliphatic heterocycles. The number of methoxy groups -OCH3 is 1. The van der Waals surface area contributed by atoms with Crippen molar-refractivity contribution >= 4 is 23.0 Å². The fourth-order valence-electron chi connectivity index (χ4n) is 3.18. The van der Waals surface area contributed by atoms with Crippen molar-refractivity contribution in [1.82, 2.24) is 24.6 Å². The van der Waals surface area contributed by atoms with Gasteiger partial charge in [0, 0.05) is 13.6 Å². The Morgan fingerprint density at radius 3 is 2.92 bits per heavy atom. The molecule has 0 bridgehead atoms. The molecule has 2 N–H and O–H groups in total. The summed E-state index contributed by atoms with van der Waals surface area (Å²) in [5.41, 5.74) is 0.376. The van der Waals surface area contributed by atoms with Gasteiger partial charge in [0.2, 0.25) is 5.95 Å². The fourth-order valence-corrected chi connectivity index (χ4v) is 3.18. The third-order valence-corrected chi connectivity index (χ3v) is 4.67. The summed E-state index contributed by atoms with van der Waals surface area (Å²) in [4.78, 5) is 33.0. The molecule has 0 radical (unpaired) electrons. The molecule has 1 fully saturated rings. The zero-order valence-electron chi connectivity index (χ0n) is 14.6. The number of hydrogen-bond acceptors (Lipinski definition) is 7. The molecule has 1 aliphatic rings. The molecular formula is C16H24N6O3. The lowest BCUT2D eigenvalue weighted by molar-refractivity contribution is -0.147. The monoisotopic (exact) mass is 348 g/mol. The molecular weight excluding hydrogens is 324 g/mol. The number of carbonyl (C=O) groups excluding carboxylic acids is 1. The highest BCUT2D eigenvalue weighted by Crippen LogP contribution is 2.18. The van der Waals surface area contributed by atoms with Crippen molar-refractivity contribution in [3.8, 4) is 0 Å². The third kappa shape index (κ3) is 3.98. The average Bonchev–Trinajstić information content (AvgIpc) is 3.00. The highest BCUT2D eigenvalue weighted by molar-refractivity contribution is 5.74. The molecule has 3 rings (SSSR count). The van der Waals surface area contributed by atoms with Crippen LogP contribution in [0.3, 0.4) is 0 Å². The Balaban J connectivity index is 1.44. The number of aromatic nitrogens is 4. The summed E-state index contributed by atoms with van der Waals surface area (Å²) in [6.45, 7) is 3.48. The summed E-state index contributed by atoms with van der Waals surface area (Å²) in [6.07, 6.45) is 4.15. The van der Waals surface area contributed by atoms with Crippen LogP contribution in [0.2, 0.25) is 0 Å². The molecule has 1 saturated heterocycles. The number of carbonyl (C=O) groups is 1. The number of H-pyrrole nitrogens is 1. The molecule has 0 aliphatic carbocycles. The van der Waals surface area contributed by atoms with Crippen LogP contribution < -0.4 is 10.9 Å². The number of likely N-dealkylation sites (tertiary alicyclic amines) is 1. The molecule has 2 aromatic heterocycles. The van der Waals surface area contributed by atoms with Gasteiger partial charge in [-0.2, -0.15) is 10.1 Å². The van der Waals surface area contributed by atoms with E-state index in [1.807, 2.05) is 0 Å². The largest absolute Gasteiger partial charge is 0.469 e. The van der Waals surface area contributed by atoms with Gasteiger partial charge in [0.25, 0.3) is 5.56 Å². The van der Waals surface area contributed by atoms with E-state index in [1.54, 1.807) is 11.7 Å². The molecule has 9 heteroatoms. The van der Waals surface area contributed by atoms with Gasteiger partial charge in [-0.1, -0.05) is 0 Å².